The van der Waals surface area contributed by atoms with Crippen molar-refractivity contribution >= 4 is 19.8 Å². The van der Waals surface area contributed by atoms with Crippen molar-refractivity contribution in [3.63, 3.8) is 0 Å². The van der Waals surface area contributed by atoms with Gasteiger partial charge in [-0.2, -0.15) is 0 Å². The summed E-state index contributed by atoms with van der Waals surface area (Å²) < 4.78 is 33.9. The van der Waals surface area contributed by atoms with Crippen LogP contribution in [0.5, 0.6) is 0 Å². The fourth-order valence-electron chi connectivity index (χ4n) is 6.22. The van der Waals surface area contributed by atoms with Crippen LogP contribution in [-0.4, -0.2) is 70.0 Å². The fourth-order valence-corrected chi connectivity index (χ4v) is 6.95. The number of phosphoric acid groups is 1. The highest BCUT2D eigenvalue weighted by molar-refractivity contribution is 7.45. The van der Waals surface area contributed by atoms with Gasteiger partial charge in [0.15, 0.2) is 6.10 Å². The molecule has 0 saturated heterocycles. The molecule has 0 bridgehead atoms. The number of unbranched alkanes of at least 4 members (excludes halogenated alkanes) is 26. The average molecular weight is 774 g/mol. The van der Waals surface area contributed by atoms with Crippen molar-refractivity contribution in [3.05, 3.63) is 12.7 Å². The maximum absolute atomic E-state index is 12.7. The number of carbonyl (C=O) groups excluding carboxylic acids is 2. The van der Waals surface area contributed by atoms with Crippen molar-refractivity contribution in [1.82, 2.24) is 0 Å². The highest BCUT2D eigenvalue weighted by atomic mass is 31.2. The highest BCUT2D eigenvalue weighted by Gasteiger charge is 2.21. The van der Waals surface area contributed by atoms with Crippen molar-refractivity contribution < 1.29 is 42.1 Å². The van der Waals surface area contributed by atoms with Gasteiger partial charge in [0.1, 0.15) is 19.8 Å². The molecule has 0 aromatic rings. The zero-order chi connectivity index (χ0) is 39.3. The molecule has 314 valence electrons. The summed E-state index contributed by atoms with van der Waals surface area (Å²) in [4.78, 5) is 37.5. The van der Waals surface area contributed by atoms with Gasteiger partial charge in [0, 0.05) is 12.8 Å². The van der Waals surface area contributed by atoms with Crippen LogP contribution in [0.1, 0.15) is 200 Å². The largest absolute Gasteiger partial charge is 0.756 e. The molecule has 0 aliphatic carbocycles. The summed E-state index contributed by atoms with van der Waals surface area (Å²) in [7, 11) is 1.17. The number of allylic oxidation sites excluding steroid dienone is 1. The van der Waals surface area contributed by atoms with Gasteiger partial charge in [-0.1, -0.05) is 167 Å². The van der Waals surface area contributed by atoms with Gasteiger partial charge in [0.25, 0.3) is 7.82 Å². The van der Waals surface area contributed by atoms with E-state index in [4.69, 9.17) is 18.5 Å². The van der Waals surface area contributed by atoms with E-state index in [2.05, 4.69) is 13.5 Å². The van der Waals surface area contributed by atoms with E-state index < -0.39 is 26.5 Å². The van der Waals surface area contributed by atoms with Crippen LogP contribution in [0.3, 0.4) is 0 Å². The normalized spacial score (nSPS) is 13.5. The number of nitrogens with zero attached hydrogens (tertiary/aromatic N) is 1. The smallest absolute Gasteiger partial charge is 0.306 e. The summed E-state index contributed by atoms with van der Waals surface area (Å²) >= 11 is 0. The van der Waals surface area contributed by atoms with Crippen LogP contribution in [0, 0.1) is 0 Å². The number of carbonyl (C=O) groups is 2. The van der Waals surface area contributed by atoms with Gasteiger partial charge in [-0.05, 0) is 25.7 Å². The second kappa shape index (κ2) is 36.4. The zero-order valence-electron chi connectivity index (χ0n) is 35.1. The minimum absolute atomic E-state index is 0.0282. The SMILES string of the molecule is C=CCCCCCCCCCCCCCCCC(=O)O[C@H](COC(=O)CCCCCCCCCCCCCCCC)COP(=O)([O-])OCC[N+](C)(C)C. The predicted octanol–water partition coefficient (Wildman–Crippen LogP) is 11.6. The van der Waals surface area contributed by atoms with Crippen LogP contribution in [0.4, 0.5) is 0 Å². The number of hydrogen-bond donors (Lipinski definition) is 0. The van der Waals surface area contributed by atoms with Crippen LogP contribution in [0.25, 0.3) is 0 Å². The monoisotopic (exact) mass is 774 g/mol. The summed E-state index contributed by atoms with van der Waals surface area (Å²) in [6.45, 7) is 5.77. The molecular formula is C43H84NO8P. The molecule has 0 saturated carbocycles. The lowest BCUT2D eigenvalue weighted by atomic mass is 10.0. The van der Waals surface area contributed by atoms with Gasteiger partial charge < -0.3 is 27.9 Å². The molecule has 0 fully saturated rings. The third kappa shape index (κ3) is 40.2. The third-order valence-corrected chi connectivity index (χ3v) is 10.6. The Kier molecular flexibility index (Phi) is 35.5. The maximum Gasteiger partial charge on any atom is 0.306 e. The molecule has 0 aliphatic heterocycles. The van der Waals surface area contributed by atoms with E-state index in [-0.39, 0.29) is 32.0 Å². The summed E-state index contributed by atoms with van der Waals surface area (Å²) in [5, 5.41) is 0. The fraction of sp³-hybridized carbons (Fsp3) is 0.907. The Bertz CT molecular complexity index is 909. The second-order valence-corrected chi connectivity index (χ2v) is 17.6. The number of likely N-dealkylation sites (N-methyl/N-ethyl adjacent to an activating group) is 1. The van der Waals surface area contributed by atoms with Crippen molar-refractivity contribution in [2.45, 2.75) is 206 Å². The van der Waals surface area contributed by atoms with Crippen LogP contribution >= 0.6 is 7.82 Å². The van der Waals surface area contributed by atoms with Gasteiger partial charge in [0.05, 0.1) is 27.7 Å². The lowest BCUT2D eigenvalue weighted by Gasteiger charge is -2.28. The molecule has 0 spiro atoms. The maximum atomic E-state index is 12.7. The highest BCUT2D eigenvalue weighted by Crippen LogP contribution is 2.38. The third-order valence-electron chi connectivity index (χ3n) is 9.68. The van der Waals surface area contributed by atoms with Crippen molar-refractivity contribution in [2.24, 2.45) is 0 Å². The van der Waals surface area contributed by atoms with E-state index >= 15 is 0 Å². The van der Waals surface area contributed by atoms with Gasteiger partial charge in [0.2, 0.25) is 0 Å². The van der Waals surface area contributed by atoms with Gasteiger partial charge in [-0.25, -0.2) is 0 Å². The van der Waals surface area contributed by atoms with Crippen molar-refractivity contribution in [1.29, 1.82) is 0 Å². The van der Waals surface area contributed by atoms with Crippen LogP contribution in [-0.2, 0) is 32.7 Å². The Morgan fingerprint density at radius 2 is 1.00 bits per heavy atom. The molecule has 0 N–H and O–H groups in total. The van der Waals surface area contributed by atoms with E-state index in [1.165, 1.54) is 128 Å². The second-order valence-electron chi connectivity index (χ2n) is 16.2. The minimum Gasteiger partial charge on any atom is -0.756 e. The Labute approximate surface area is 326 Å². The molecule has 0 aromatic heterocycles. The number of rotatable bonds is 41. The minimum atomic E-state index is -4.62. The van der Waals surface area contributed by atoms with E-state index in [1.807, 2.05) is 27.2 Å². The van der Waals surface area contributed by atoms with Crippen LogP contribution in [0.2, 0.25) is 0 Å². The van der Waals surface area contributed by atoms with Gasteiger partial charge >= 0.3 is 11.9 Å². The first kappa shape index (κ1) is 51.8. The number of phosphoric ester groups is 1. The lowest BCUT2D eigenvalue weighted by Crippen LogP contribution is -2.37. The quantitative estimate of drug-likeness (QED) is 0.0198. The molecule has 0 radical (unpaired) electrons. The van der Waals surface area contributed by atoms with Crippen molar-refractivity contribution in [2.75, 3.05) is 47.5 Å². The first-order valence-electron chi connectivity index (χ1n) is 21.9. The Morgan fingerprint density at radius 3 is 1.42 bits per heavy atom. The summed E-state index contributed by atoms with van der Waals surface area (Å²) in [5.74, 6) is -0.827. The lowest BCUT2D eigenvalue weighted by molar-refractivity contribution is -0.870. The molecule has 0 aliphatic rings. The number of esters is 2. The molecule has 1 unspecified atom stereocenters. The Morgan fingerprint density at radius 1 is 0.604 bits per heavy atom. The first-order valence-corrected chi connectivity index (χ1v) is 23.3. The molecule has 9 nitrogen and oxygen atoms in total. The molecule has 0 aromatic carbocycles. The van der Waals surface area contributed by atoms with Crippen LogP contribution in [0.15, 0.2) is 12.7 Å². The van der Waals surface area contributed by atoms with E-state index in [9.17, 15) is 19.0 Å². The molecule has 2 atom stereocenters. The molecular weight excluding hydrogens is 689 g/mol. The standard InChI is InChI=1S/C43H84NO8P/c1-6-8-10-12-14-16-18-20-22-24-26-28-30-32-34-36-43(46)52-41(40-51-53(47,48)50-38-37-44(3,4)5)39-49-42(45)35-33-31-29-27-25-23-21-19-17-15-13-11-9-7-2/h6,41H,1,7-40H2,2-5H3/t41-/m1/s1. The topological polar surface area (TPSA) is 111 Å². The molecule has 53 heavy (non-hydrogen) atoms. The summed E-state index contributed by atoms with van der Waals surface area (Å²) in [5.41, 5.74) is 0. The first-order chi connectivity index (χ1) is 25.5. The van der Waals surface area contributed by atoms with Crippen LogP contribution < -0.4 is 4.89 Å². The van der Waals surface area contributed by atoms with Gasteiger partial charge in [-0.3, -0.25) is 14.2 Å². The molecule has 0 heterocycles. The summed E-state index contributed by atoms with van der Waals surface area (Å²) in [6, 6.07) is 0. The van der Waals surface area contributed by atoms with Crippen molar-refractivity contribution in [3.8, 4) is 0 Å². The number of ether oxygens (including phenoxy) is 2. The Hall–Kier alpha value is -1.25. The average Bonchev–Trinajstić information content (AvgIpc) is 3.10. The zero-order valence-corrected chi connectivity index (χ0v) is 36.0. The molecule has 0 rings (SSSR count). The van der Waals surface area contributed by atoms with E-state index in [1.54, 1.807) is 0 Å². The number of quaternary nitrogens is 1. The summed E-state index contributed by atoms with van der Waals surface area (Å²) in [6.07, 6.45) is 35.5. The predicted molar refractivity (Wildman–Crippen MR) is 218 cm³/mol. The number of hydrogen-bond acceptors (Lipinski definition) is 8. The molecule has 0 amide bonds. The molecule has 10 heteroatoms. The van der Waals surface area contributed by atoms with E-state index in [0.29, 0.717) is 17.4 Å². The Balaban J connectivity index is 4.32. The van der Waals surface area contributed by atoms with Gasteiger partial charge in [-0.15, -0.1) is 6.58 Å². The van der Waals surface area contributed by atoms with E-state index in [0.717, 1.165) is 44.9 Å².